The zero-order valence-corrected chi connectivity index (χ0v) is 12.8. The lowest BCUT2D eigenvalue weighted by atomic mass is 10.2. The van der Waals surface area contributed by atoms with E-state index in [2.05, 4.69) is 10.8 Å². The van der Waals surface area contributed by atoms with Crippen molar-refractivity contribution in [2.24, 2.45) is 0 Å². The van der Waals surface area contributed by atoms with Crippen LogP contribution in [0.1, 0.15) is 22.8 Å². The van der Waals surface area contributed by atoms with Crippen molar-refractivity contribution in [1.29, 1.82) is 0 Å². The van der Waals surface area contributed by atoms with Crippen LogP contribution in [0, 0.1) is 0 Å². The molecule has 0 fully saturated rings. The zero-order chi connectivity index (χ0) is 16.5. The highest BCUT2D eigenvalue weighted by atomic mass is 16.7. The van der Waals surface area contributed by atoms with Gasteiger partial charge in [0.15, 0.2) is 0 Å². The number of carbonyl (C=O) groups is 2. The van der Waals surface area contributed by atoms with Crippen LogP contribution in [-0.2, 0) is 16.2 Å². The Labute approximate surface area is 134 Å². The Kier molecular flexibility index (Phi) is 5.94. The lowest BCUT2D eigenvalue weighted by Crippen LogP contribution is -2.26. The second kappa shape index (κ2) is 8.38. The number of amides is 1. The molecule has 0 atom stereocenters. The van der Waals surface area contributed by atoms with Gasteiger partial charge in [-0.15, -0.1) is 0 Å². The van der Waals surface area contributed by atoms with Crippen molar-refractivity contribution in [3.8, 4) is 0 Å². The molecule has 0 aliphatic carbocycles. The number of nitrogens with one attached hydrogen (secondary N) is 2. The maximum atomic E-state index is 11.7. The minimum atomic E-state index is -0.646. The number of rotatable bonds is 5. The predicted octanol–water partition coefficient (Wildman–Crippen LogP) is 2.57. The quantitative estimate of drug-likeness (QED) is 0.658. The van der Waals surface area contributed by atoms with Crippen LogP contribution in [0.4, 0.5) is 0 Å². The lowest BCUT2D eigenvalue weighted by molar-refractivity contribution is -0.142. The minimum Gasteiger partial charge on any atom is -0.384 e. The standard InChI is InChI=1S/C18H18N2O3/c1-14(19-13-15-8-4-2-5-9-15)12-17(21)23-20-18(22)16-10-6-3-7-11-16/h2-12,19H,13H2,1H3,(H,20,22)/b14-12-. The predicted molar refractivity (Wildman–Crippen MR) is 87.0 cm³/mol. The molecule has 0 radical (unpaired) electrons. The zero-order valence-electron chi connectivity index (χ0n) is 12.8. The minimum absolute atomic E-state index is 0.420. The lowest BCUT2D eigenvalue weighted by Gasteiger charge is -2.07. The molecule has 1 amide bonds. The SMILES string of the molecule is C/C(=C/C(=O)ONC(=O)c1ccccc1)NCc1ccccc1. The summed E-state index contributed by atoms with van der Waals surface area (Å²) >= 11 is 0. The van der Waals surface area contributed by atoms with Crippen molar-refractivity contribution in [3.63, 3.8) is 0 Å². The number of carbonyl (C=O) groups excluding carboxylic acids is 2. The van der Waals surface area contributed by atoms with Crippen LogP contribution >= 0.6 is 0 Å². The van der Waals surface area contributed by atoms with Crippen molar-refractivity contribution in [1.82, 2.24) is 10.8 Å². The van der Waals surface area contributed by atoms with Crippen LogP contribution in [0.2, 0.25) is 0 Å². The van der Waals surface area contributed by atoms with Gasteiger partial charge in [-0.2, -0.15) is 5.48 Å². The van der Waals surface area contributed by atoms with E-state index in [4.69, 9.17) is 4.84 Å². The van der Waals surface area contributed by atoms with Gasteiger partial charge in [-0.05, 0) is 24.6 Å². The van der Waals surface area contributed by atoms with E-state index in [1.165, 1.54) is 6.08 Å². The van der Waals surface area contributed by atoms with Gasteiger partial charge in [0.1, 0.15) is 0 Å². The molecule has 23 heavy (non-hydrogen) atoms. The third-order valence-electron chi connectivity index (χ3n) is 3.03. The topological polar surface area (TPSA) is 67.4 Å². The van der Waals surface area contributed by atoms with E-state index < -0.39 is 11.9 Å². The maximum absolute atomic E-state index is 11.7. The molecule has 0 saturated heterocycles. The van der Waals surface area contributed by atoms with Gasteiger partial charge in [0.2, 0.25) is 0 Å². The van der Waals surface area contributed by atoms with Crippen molar-refractivity contribution in [2.45, 2.75) is 13.5 Å². The number of benzene rings is 2. The van der Waals surface area contributed by atoms with E-state index in [-0.39, 0.29) is 0 Å². The highest BCUT2D eigenvalue weighted by Crippen LogP contribution is 2.00. The summed E-state index contributed by atoms with van der Waals surface area (Å²) in [5.41, 5.74) is 4.29. The largest absolute Gasteiger partial charge is 0.384 e. The number of hydroxylamine groups is 1. The Morgan fingerprint density at radius 1 is 1.00 bits per heavy atom. The van der Waals surface area contributed by atoms with Crippen LogP contribution in [-0.4, -0.2) is 11.9 Å². The summed E-state index contributed by atoms with van der Waals surface area (Å²) in [6.45, 7) is 2.36. The number of hydrogen-bond acceptors (Lipinski definition) is 4. The third kappa shape index (κ3) is 5.67. The molecular weight excluding hydrogens is 292 g/mol. The molecule has 2 aromatic rings. The van der Waals surface area contributed by atoms with Gasteiger partial charge in [-0.1, -0.05) is 48.5 Å². The average molecular weight is 310 g/mol. The molecule has 2 N–H and O–H groups in total. The van der Waals surface area contributed by atoms with Crippen LogP contribution in [0.25, 0.3) is 0 Å². The molecule has 0 aliphatic rings. The van der Waals surface area contributed by atoms with Crippen LogP contribution in [0.15, 0.2) is 72.4 Å². The Bertz CT molecular complexity index is 682. The van der Waals surface area contributed by atoms with E-state index in [1.807, 2.05) is 30.3 Å². The summed E-state index contributed by atoms with van der Waals surface area (Å²) in [6, 6.07) is 18.3. The Hall–Kier alpha value is -3.08. The maximum Gasteiger partial charge on any atom is 0.357 e. The molecule has 5 nitrogen and oxygen atoms in total. The van der Waals surface area contributed by atoms with Gasteiger partial charge in [-0.25, -0.2) is 4.79 Å². The van der Waals surface area contributed by atoms with Crippen LogP contribution < -0.4 is 10.8 Å². The molecule has 0 aromatic heterocycles. The Morgan fingerprint density at radius 2 is 1.61 bits per heavy atom. The number of allylic oxidation sites excluding steroid dienone is 1. The Morgan fingerprint density at radius 3 is 2.26 bits per heavy atom. The smallest absolute Gasteiger partial charge is 0.357 e. The molecule has 0 bridgehead atoms. The molecule has 0 unspecified atom stereocenters. The van der Waals surface area contributed by atoms with Gasteiger partial charge in [0.25, 0.3) is 5.91 Å². The third-order valence-corrected chi connectivity index (χ3v) is 3.03. The van der Waals surface area contributed by atoms with E-state index >= 15 is 0 Å². The molecule has 118 valence electrons. The van der Waals surface area contributed by atoms with E-state index in [9.17, 15) is 9.59 Å². The first kappa shape index (κ1) is 16.3. The second-order valence-electron chi connectivity index (χ2n) is 4.88. The highest BCUT2D eigenvalue weighted by molar-refractivity contribution is 5.94. The molecular formula is C18H18N2O3. The summed E-state index contributed by atoms with van der Waals surface area (Å²) in [7, 11) is 0. The normalized spacial score (nSPS) is 10.7. The number of hydrogen-bond donors (Lipinski definition) is 2. The Balaban J connectivity index is 1.78. The summed E-state index contributed by atoms with van der Waals surface area (Å²) in [6.07, 6.45) is 1.29. The van der Waals surface area contributed by atoms with Gasteiger partial charge in [0.05, 0.1) is 0 Å². The van der Waals surface area contributed by atoms with Gasteiger partial charge >= 0.3 is 5.97 Å². The fourth-order valence-electron chi connectivity index (χ4n) is 1.84. The monoisotopic (exact) mass is 310 g/mol. The summed E-state index contributed by atoms with van der Waals surface area (Å²) in [5, 5.41) is 3.10. The highest BCUT2D eigenvalue weighted by Gasteiger charge is 2.07. The molecule has 2 aromatic carbocycles. The fraction of sp³-hybridized carbons (Fsp3) is 0.111. The first-order valence-corrected chi connectivity index (χ1v) is 7.17. The van der Waals surface area contributed by atoms with Crippen molar-refractivity contribution in [2.75, 3.05) is 0 Å². The molecule has 0 saturated carbocycles. The van der Waals surface area contributed by atoms with Gasteiger partial charge < -0.3 is 10.2 Å². The second-order valence-corrected chi connectivity index (χ2v) is 4.88. The van der Waals surface area contributed by atoms with Crippen molar-refractivity contribution in [3.05, 3.63) is 83.6 Å². The molecule has 0 aliphatic heterocycles. The summed E-state index contributed by atoms with van der Waals surface area (Å²) < 4.78 is 0. The first-order chi connectivity index (χ1) is 11.1. The van der Waals surface area contributed by atoms with Crippen LogP contribution in [0.5, 0.6) is 0 Å². The first-order valence-electron chi connectivity index (χ1n) is 7.17. The van der Waals surface area contributed by atoms with Crippen LogP contribution in [0.3, 0.4) is 0 Å². The van der Waals surface area contributed by atoms with E-state index in [1.54, 1.807) is 37.3 Å². The fourth-order valence-corrected chi connectivity index (χ4v) is 1.84. The van der Waals surface area contributed by atoms with E-state index in [0.717, 1.165) is 5.56 Å². The summed E-state index contributed by atoms with van der Waals surface area (Å²) in [5.74, 6) is -1.12. The summed E-state index contributed by atoms with van der Waals surface area (Å²) in [4.78, 5) is 28.1. The molecule has 0 heterocycles. The van der Waals surface area contributed by atoms with Gasteiger partial charge in [-0.3, -0.25) is 4.79 Å². The molecule has 2 rings (SSSR count). The average Bonchev–Trinajstić information content (AvgIpc) is 2.59. The van der Waals surface area contributed by atoms with Crippen molar-refractivity contribution >= 4 is 11.9 Å². The molecule has 5 heteroatoms. The van der Waals surface area contributed by atoms with E-state index in [0.29, 0.717) is 17.8 Å². The molecule has 0 spiro atoms. The van der Waals surface area contributed by atoms with Gasteiger partial charge in [0, 0.05) is 23.9 Å². The van der Waals surface area contributed by atoms with Crippen molar-refractivity contribution < 1.29 is 14.4 Å².